The number of methoxy groups -OCH3 is 1. The molecule has 1 saturated heterocycles. The molecule has 0 amide bonds. The fourth-order valence-electron chi connectivity index (χ4n) is 3.22. The van der Waals surface area contributed by atoms with E-state index in [0.717, 1.165) is 24.2 Å². The van der Waals surface area contributed by atoms with Gasteiger partial charge in [-0.1, -0.05) is 54.6 Å². The van der Waals surface area contributed by atoms with Crippen molar-refractivity contribution >= 4 is 5.78 Å². The van der Waals surface area contributed by atoms with Gasteiger partial charge in [0.05, 0.1) is 0 Å². The maximum atomic E-state index is 12.6. The zero-order valence-electron chi connectivity index (χ0n) is 13.5. The Morgan fingerprint density at radius 1 is 1.17 bits per heavy atom. The monoisotopic (exact) mass is 309 g/mol. The van der Waals surface area contributed by atoms with Crippen molar-refractivity contribution in [3.05, 3.63) is 71.3 Å². The minimum Gasteiger partial charge on any atom is -0.369 e. The molecule has 2 atom stereocenters. The summed E-state index contributed by atoms with van der Waals surface area (Å²) >= 11 is 0. The highest BCUT2D eigenvalue weighted by atomic mass is 16.5. The van der Waals surface area contributed by atoms with Crippen molar-refractivity contribution in [1.29, 1.82) is 0 Å². The largest absolute Gasteiger partial charge is 0.369 e. The van der Waals surface area contributed by atoms with Gasteiger partial charge in [-0.25, -0.2) is 0 Å². The molecule has 0 bridgehead atoms. The highest BCUT2D eigenvalue weighted by Gasteiger charge is 2.20. The Balaban J connectivity index is 1.67. The van der Waals surface area contributed by atoms with Gasteiger partial charge in [-0.15, -0.1) is 0 Å². The van der Waals surface area contributed by atoms with Gasteiger partial charge in [-0.05, 0) is 35.6 Å². The minimum absolute atomic E-state index is 0.0917. The van der Waals surface area contributed by atoms with Crippen LogP contribution in [0.2, 0.25) is 0 Å². The number of nitrogens with one attached hydrogen (secondary N) is 1. The molecular weight excluding hydrogens is 286 g/mol. The van der Waals surface area contributed by atoms with E-state index in [1.807, 2.05) is 30.3 Å². The number of rotatable bonds is 6. The zero-order chi connectivity index (χ0) is 16.1. The third kappa shape index (κ3) is 3.87. The van der Waals surface area contributed by atoms with Gasteiger partial charge in [0, 0.05) is 20.1 Å². The Morgan fingerprint density at radius 3 is 2.52 bits per heavy atom. The quantitative estimate of drug-likeness (QED) is 0.890. The molecule has 0 radical (unpaired) electrons. The second kappa shape index (κ2) is 7.53. The molecule has 2 aromatic rings. The molecule has 120 valence electrons. The topological polar surface area (TPSA) is 38.3 Å². The van der Waals surface area contributed by atoms with E-state index < -0.39 is 6.10 Å². The van der Waals surface area contributed by atoms with Gasteiger partial charge in [-0.3, -0.25) is 4.79 Å². The highest BCUT2D eigenvalue weighted by Crippen LogP contribution is 2.24. The molecule has 1 heterocycles. The van der Waals surface area contributed by atoms with Gasteiger partial charge < -0.3 is 10.1 Å². The lowest BCUT2D eigenvalue weighted by Gasteiger charge is -2.15. The number of benzene rings is 2. The van der Waals surface area contributed by atoms with Crippen molar-refractivity contribution in [3.63, 3.8) is 0 Å². The molecule has 23 heavy (non-hydrogen) atoms. The Labute approximate surface area is 137 Å². The van der Waals surface area contributed by atoms with E-state index in [2.05, 4.69) is 29.6 Å². The summed E-state index contributed by atoms with van der Waals surface area (Å²) in [5.41, 5.74) is 3.31. The Bertz CT molecular complexity index is 630. The fraction of sp³-hybridized carbons (Fsp3) is 0.350. The van der Waals surface area contributed by atoms with Crippen LogP contribution in [0.5, 0.6) is 0 Å². The second-order valence-corrected chi connectivity index (χ2v) is 6.10. The molecule has 1 fully saturated rings. The summed E-state index contributed by atoms with van der Waals surface area (Å²) in [5.74, 6) is 0.699. The molecule has 1 unspecified atom stereocenters. The van der Waals surface area contributed by atoms with Crippen LogP contribution >= 0.6 is 0 Å². The van der Waals surface area contributed by atoms with E-state index in [0.29, 0.717) is 12.3 Å². The number of hydrogen-bond acceptors (Lipinski definition) is 3. The summed E-state index contributed by atoms with van der Waals surface area (Å²) < 4.78 is 5.42. The number of Topliss-reactive ketones (excluding diaryl/α,β-unsaturated/α-hetero) is 1. The standard InChI is InChI=1S/C20H23NO2/c1-23-20(17-5-3-2-4-6-17)19(22)13-15-7-9-16(10-8-15)18-11-12-21-14-18/h2-10,18,20-21H,11-14H2,1H3/t18?,20-/m1/s1. The summed E-state index contributed by atoms with van der Waals surface area (Å²) in [6, 6.07) is 18.1. The molecule has 0 spiro atoms. The van der Waals surface area contributed by atoms with Crippen LogP contribution in [0, 0.1) is 0 Å². The minimum atomic E-state index is -0.491. The van der Waals surface area contributed by atoms with Crippen molar-refractivity contribution in [3.8, 4) is 0 Å². The predicted molar refractivity (Wildman–Crippen MR) is 91.6 cm³/mol. The van der Waals surface area contributed by atoms with Gasteiger partial charge in [-0.2, -0.15) is 0 Å². The third-order valence-electron chi connectivity index (χ3n) is 4.52. The van der Waals surface area contributed by atoms with Gasteiger partial charge in [0.15, 0.2) is 5.78 Å². The molecular formula is C20H23NO2. The van der Waals surface area contributed by atoms with Crippen LogP contribution in [0.25, 0.3) is 0 Å². The van der Waals surface area contributed by atoms with E-state index in [1.54, 1.807) is 7.11 Å². The lowest BCUT2D eigenvalue weighted by Crippen LogP contribution is -2.17. The number of carbonyl (C=O) groups is 1. The normalized spacial score (nSPS) is 18.7. The Kier molecular flexibility index (Phi) is 5.21. The van der Waals surface area contributed by atoms with Crippen LogP contribution in [0.15, 0.2) is 54.6 Å². The zero-order valence-corrected chi connectivity index (χ0v) is 13.5. The van der Waals surface area contributed by atoms with Crippen LogP contribution in [0.4, 0.5) is 0 Å². The van der Waals surface area contributed by atoms with E-state index in [9.17, 15) is 4.79 Å². The maximum absolute atomic E-state index is 12.6. The van der Waals surface area contributed by atoms with Gasteiger partial charge in [0.25, 0.3) is 0 Å². The summed E-state index contributed by atoms with van der Waals surface area (Å²) in [4.78, 5) is 12.6. The summed E-state index contributed by atoms with van der Waals surface area (Å²) in [6.07, 6.45) is 1.10. The van der Waals surface area contributed by atoms with Crippen LogP contribution in [0.3, 0.4) is 0 Å². The van der Waals surface area contributed by atoms with Crippen molar-refractivity contribution in [1.82, 2.24) is 5.32 Å². The first-order chi connectivity index (χ1) is 11.3. The van der Waals surface area contributed by atoms with Crippen LogP contribution in [-0.2, 0) is 16.0 Å². The van der Waals surface area contributed by atoms with E-state index in [-0.39, 0.29) is 5.78 Å². The molecule has 0 aliphatic carbocycles. The predicted octanol–water partition coefficient (Wildman–Crippen LogP) is 3.26. The maximum Gasteiger partial charge on any atom is 0.170 e. The molecule has 3 nitrogen and oxygen atoms in total. The molecule has 0 aromatic heterocycles. The average Bonchev–Trinajstić information content (AvgIpc) is 3.12. The number of hydrogen-bond donors (Lipinski definition) is 1. The average molecular weight is 309 g/mol. The van der Waals surface area contributed by atoms with E-state index in [4.69, 9.17) is 4.74 Å². The lowest BCUT2D eigenvalue weighted by molar-refractivity contribution is -0.128. The Morgan fingerprint density at radius 2 is 1.91 bits per heavy atom. The molecule has 3 rings (SSSR count). The SMILES string of the molecule is CO[C@@H](C(=O)Cc1ccc(C2CCNC2)cc1)c1ccccc1. The molecule has 2 aromatic carbocycles. The third-order valence-corrected chi connectivity index (χ3v) is 4.52. The van der Waals surface area contributed by atoms with Crippen LogP contribution < -0.4 is 5.32 Å². The summed E-state index contributed by atoms with van der Waals surface area (Å²) in [7, 11) is 1.59. The fourth-order valence-corrected chi connectivity index (χ4v) is 3.22. The molecule has 1 N–H and O–H groups in total. The van der Waals surface area contributed by atoms with Crippen LogP contribution in [0.1, 0.15) is 35.1 Å². The lowest BCUT2D eigenvalue weighted by atomic mass is 9.95. The van der Waals surface area contributed by atoms with Crippen molar-refractivity contribution in [2.45, 2.75) is 24.9 Å². The first-order valence-electron chi connectivity index (χ1n) is 8.18. The first-order valence-corrected chi connectivity index (χ1v) is 8.18. The Hall–Kier alpha value is -1.97. The van der Waals surface area contributed by atoms with E-state index in [1.165, 1.54) is 12.0 Å². The highest BCUT2D eigenvalue weighted by molar-refractivity contribution is 5.86. The van der Waals surface area contributed by atoms with Crippen molar-refractivity contribution in [2.75, 3.05) is 20.2 Å². The van der Waals surface area contributed by atoms with Crippen molar-refractivity contribution < 1.29 is 9.53 Å². The number of carbonyl (C=O) groups excluding carboxylic acids is 1. The van der Waals surface area contributed by atoms with Gasteiger partial charge in [0.1, 0.15) is 6.10 Å². The van der Waals surface area contributed by atoms with E-state index >= 15 is 0 Å². The van der Waals surface area contributed by atoms with Crippen LogP contribution in [-0.4, -0.2) is 26.0 Å². The second-order valence-electron chi connectivity index (χ2n) is 6.10. The molecule has 0 saturated carbocycles. The first kappa shape index (κ1) is 15.9. The summed E-state index contributed by atoms with van der Waals surface area (Å²) in [6.45, 7) is 2.15. The smallest absolute Gasteiger partial charge is 0.170 e. The summed E-state index contributed by atoms with van der Waals surface area (Å²) in [5, 5.41) is 3.39. The number of ketones is 1. The van der Waals surface area contributed by atoms with Crippen molar-refractivity contribution in [2.24, 2.45) is 0 Å². The number of ether oxygens (including phenoxy) is 1. The van der Waals surface area contributed by atoms with Gasteiger partial charge >= 0.3 is 0 Å². The van der Waals surface area contributed by atoms with Gasteiger partial charge in [0.2, 0.25) is 0 Å². The molecule has 3 heteroatoms. The molecule has 1 aliphatic heterocycles. The molecule has 1 aliphatic rings.